The van der Waals surface area contributed by atoms with E-state index in [0.29, 0.717) is 10.8 Å². The number of aromatic nitrogens is 4. The Morgan fingerprint density at radius 1 is 1.24 bits per heavy atom. The normalized spacial score (nSPS) is 33.2. The predicted octanol–water partition coefficient (Wildman–Crippen LogP) is -3.98. The largest absolute Gasteiger partial charge is 0.756 e. The van der Waals surface area contributed by atoms with Crippen LogP contribution >= 0.6 is 7.82 Å². The molecular weight excluding hydrogens is 528 g/mol. The van der Waals surface area contributed by atoms with Crippen LogP contribution in [0.25, 0.3) is 0 Å². The molecule has 0 aromatic carbocycles. The molecule has 0 bridgehead atoms. The molecule has 0 aliphatic carbocycles. The van der Waals surface area contributed by atoms with Crippen molar-refractivity contribution in [2.24, 2.45) is 0 Å². The quantitative estimate of drug-likeness (QED) is 0.187. The molecule has 2 aromatic rings. The lowest BCUT2D eigenvalue weighted by Crippen LogP contribution is -2.59. The zero-order valence-corrected chi connectivity index (χ0v) is 19.7. The van der Waals surface area contributed by atoms with E-state index in [1.807, 2.05) is 0 Å². The van der Waals surface area contributed by atoms with E-state index in [0.717, 1.165) is 17.7 Å². The maximum atomic E-state index is 13.8. The number of aromatic amines is 1. The molecule has 2 aromatic heterocycles. The molecule has 2 saturated heterocycles. The third kappa shape index (κ3) is 5.02. The highest BCUT2D eigenvalue weighted by atomic mass is 31.2. The highest BCUT2D eigenvalue weighted by molar-refractivity contribution is 7.44. The van der Waals surface area contributed by atoms with Crippen molar-refractivity contribution in [1.29, 1.82) is 0 Å². The minimum Gasteiger partial charge on any atom is -0.756 e. The van der Waals surface area contributed by atoms with Crippen LogP contribution in [0.5, 0.6) is 0 Å². The van der Waals surface area contributed by atoms with E-state index in [1.54, 1.807) is 4.98 Å². The Morgan fingerprint density at radius 3 is 2.54 bits per heavy atom. The number of nitrogen functional groups attached to an aromatic ring is 1. The van der Waals surface area contributed by atoms with E-state index in [9.17, 15) is 48.4 Å². The van der Waals surface area contributed by atoms with E-state index >= 15 is 0 Å². The van der Waals surface area contributed by atoms with Crippen molar-refractivity contribution in [3.05, 3.63) is 55.6 Å². The number of halogens is 1. The molecule has 17 nitrogen and oxygen atoms in total. The van der Waals surface area contributed by atoms with Crippen molar-refractivity contribution >= 4 is 13.6 Å². The van der Waals surface area contributed by atoms with E-state index in [4.69, 9.17) is 19.7 Å². The topological polar surface area (TPSA) is 265 Å². The standard InChI is InChI=1S/C18H23FN5O12P/c1-18(36-37(31,32)33,12-7(25)4-9(34-12)24-5-6(19)14(28)22-17(24)30)13-10(26)11(27)15(35-13)23-3-2-8(20)21-16(23)29/h2-3,5,7,9-13,15,25-27H,4H2,1H3,(H2,20,21,29)(H,22,28,30)(H2,31,32,33)/p-1. The van der Waals surface area contributed by atoms with Gasteiger partial charge in [0.25, 0.3) is 13.4 Å². The smallest absolute Gasteiger partial charge is 0.351 e. The number of aliphatic hydroxyl groups is 3. The van der Waals surface area contributed by atoms with Gasteiger partial charge in [0.1, 0.15) is 42.1 Å². The number of phosphoric ester groups is 1. The molecule has 4 heterocycles. The van der Waals surface area contributed by atoms with Crippen LogP contribution in [0.2, 0.25) is 0 Å². The van der Waals surface area contributed by atoms with Gasteiger partial charge in [0.2, 0.25) is 5.82 Å². The first-order valence-electron chi connectivity index (χ1n) is 10.6. The maximum absolute atomic E-state index is 13.8. The van der Waals surface area contributed by atoms with E-state index < -0.39 is 85.6 Å². The van der Waals surface area contributed by atoms with Gasteiger partial charge in [0, 0.05) is 12.6 Å². The van der Waals surface area contributed by atoms with Crippen LogP contribution in [-0.2, 0) is 18.6 Å². The zero-order chi connectivity index (χ0) is 27.4. The zero-order valence-electron chi connectivity index (χ0n) is 18.8. The number of aliphatic hydroxyl groups excluding tert-OH is 3. The van der Waals surface area contributed by atoms with Crippen LogP contribution in [0.15, 0.2) is 32.8 Å². The summed E-state index contributed by atoms with van der Waals surface area (Å²) in [5, 5.41) is 32.0. The molecule has 2 aliphatic rings. The van der Waals surface area contributed by atoms with Crippen molar-refractivity contribution in [2.75, 3.05) is 5.73 Å². The number of hydrogen-bond acceptors (Lipinski definition) is 13. The van der Waals surface area contributed by atoms with Gasteiger partial charge in [0.15, 0.2) is 6.23 Å². The number of hydrogen-bond donors (Lipinski definition) is 6. The van der Waals surface area contributed by atoms with Crippen molar-refractivity contribution in [2.45, 2.75) is 61.9 Å². The maximum Gasteiger partial charge on any atom is 0.351 e. The Balaban J connectivity index is 1.72. The van der Waals surface area contributed by atoms with Gasteiger partial charge in [-0.1, -0.05) is 0 Å². The number of rotatable bonds is 6. The molecule has 37 heavy (non-hydrogen) atoms. The van der Waals surface area contributed by atoms with Crippen molar-refractivity contribution in [3.8, 4) is 0 Å². The minimum atomic E-state index is -5.68. The van der Waals surface area contributed by atoms with Gasteiger partial charge in [-0.25, -0.2) is 9.59 Å². The molecule has 9 atom stereocenters. The summed E-state index contributed by atoms with van der Waals surface area (Å²) in [6.45, 7) is 0.952. The minimum absolute atomic E-state index is 0.158. The van der Waals surface area contributed by atoms with Crippen molar-refractivity contribution in [3.63, 3.8) is 0 Å². The Kier molecular flexibility index (Phi) is 6.99. The summed E-state index contributed by atoms with van der Waals surface area (Å²) in [5.41, 5.74) is -0.495. The van der Waals surface area contributed by atoms with Gasteiger partial charge in [-0.2, -0.15) is 9.37 Å². The summed E-state index contributed by atoms with van der Waals surface area (Å²) < 4.78 is 42.9. The number of ether oxygens (including phenoxy) is 2. The van der Waals surface area contributed by atoms with Crippen LogP contribution in [0.1, 0.15) is 25.8 Å². The molecule has 0 radical (unpaired) electrons. The summed E-state index contributed by atoms with van der Waals surface area (Å²) in [6, 6.07) is 1.18. The van der Waals surface area contributed by atoms with Gasteiger partial charge in [-0.05, 0) is 13.0 Å². The molecule has 0 spiro atoms. The van der Waals surface area contributed by atoms with Crippen LogP contribution in [0.3, 0.4) is 0 Å². The second-order valence-electron chi connectivity index (χ2n) is 8.67. The van der Waals surface area contributed by atoms with Gasteiger partial charge in [-0.3, -0.25) is 23.5 Å². The van der Waals surface area contributed by atoms with Crippen LogP contribution in [-0.4, -0.2) is 75.4 Å². The molecule has 0 amide bonds. The summed E-state index contributed by atoms with van der Waals surface area (Å²) in [7, 11) is -5.68. The average Bonchev–Trinajstić information content (AvgIpc) is 3.30. The molecule has 7 N–H and O–H groups in total. The monoisotopic (exact) mass is 550 g/mol. The van der Waals surface area contributed by atoms with Crippen molar-refractivity contribution in [1.82, 2.24) is 19.1 Å². The van der Waals surface area contributed by atoms with Crippen LogP contribution in [0.4, 0.5) is 10.2 Å². The lowest BCUT2D eigenvalue weighted by molar-refractivity contribution is -0.259. The Labute approximate surface area is 204 Å². The average molecular weight is 550 g/mol. The van der Waals surface area contributed by atoms with Crippen molar-refractivity contribution < 1.29 is 48.1 Å². The molecule has 0 saturated carbocycles. The summed E-state index contributed by atoms with van der Waals surface area (Å²) in [4.78, 5) is 62.2. The summed E-state index contributed by atoms with van der Waals surface area (Å²) in [5.74, 6) is -1.52. The second-order valence-corrected chi connectivity index (χ2v) is 9.79. The first-order valence-corrected chi connectivity index (χ1v) is 12.1. The first-order chi connectivity index (χ1) is 17.1. The van der Waals surface area contributed by atoms with E-state index in [2.05, 4.69) is 4.98 Å². The molecule has 9 unspecified atom stereocenters. The molecular formula is C18H22FN5O12P-. The van der Waals surface area contributed by atoms with Crippen LogP contribution in [0, 0.1) is 5.82 Å². The molecule has 204 valence electrons. The summed E-state index contributed by atoms with van der Waals surface area (Å²) >= 11 is 0. The number of nitrogens with one attached hydrogen (secondary N) is 1. The Morgan fingerprint density at radius 2 is 1.92 bits per heavy atom. The lowest BCUT2D eigenvalue weighted by atomic mass is 9.86. The molecule has 4 rings (SSSR count). The third-order valence-electron chi connectivity index (χ3n) is 6.14. The molecule has 19 heteroatoms. The van der Waals surface area contributed by atoms with Gasteiger partial charge < -0.3 is 44.8 Å². The second kappa shape index (κ2) is 9.50. The number of H-pyrrole nitrogens is 1. The van der Waals surface area contributed by atoms with Gasteiger partial charge >= 0.3 is 11.4 Å². The number of phosphoric acid groups is 1. The fraction of sp³-hybridized carbons (Fsp3) is 0.556. The fourth-order valence-electron chi connectivity index (χ4n) is 4.51. The van der Waals surface area contributed by atoms with E-state index in [1.165, 1.54) is 6.07 Å². The fourth-order valence-corrected chi connectivity index (χ4v) is 5.22. The van der Waals surface area contributed by atoms with Crippen LogP contribution < -0.4 is 27.6 Å². The SMILES string of the molecule is CC(OP(=O)([O-])O)(C1OC(n2cc(F)c(=O)[nH]c2=O)CC1O)C1OC(n2ccc(N)nc2=O)C(O)C1O. The molecule has 2 aliphatic heterocycles. The predicted molar refractivity (Wildman–Crippen MR) is 114 cm³/mol. The lowest BCUT2D eigenvalue weighted by Gasteiger charge is -2.43. The number of nitrogens with zero attached hydrogens (tertiary/aromatic N) is 3. The third-order valence-corrected chi connectivity index (χ3v) is 6.76. The summed E-state index contributed by atoms with van der Waals surface area (Å²) in [6.07, 6.45) is -11.3. The number of nitrogens with two attached hydrogens (primary N) is 1. The molecule has 2 fully saturated rings. The van der Waals surface area contributed by atoms with Gasteiger partial charge in [-0.15, -0.1) is 0 Å². The number of anilines is 1. The Bertz CT molecular complexity index is 1410. The highest BCUT2D eigenvalue weighted by Gasteiger charge is 2.61. The van der Waals surface area contributed by atoms with Gasteiger partial charge in [0.05, 0.1) is 12.3 Å². The van der Waals surface area contributed by atoms with E-state index in [-0.39, 0.29) is 5.82 Å². The Hall–Kier alpha value is -2.80. The first kappa shape index (κ1) is 27.2. The highest BCUT2D eigenvalue weighted by Crippen LogP contribution is 2.49.